The van der Waals surface area contributed by atoms with Crippen LogP contribution in [0.15, 0.2) is 0 Å². The van der Waals surface area contributed by atoms with E-state index in [1.807, 2.05) is 13.0 Å². The van der Waals surface area contributed by atoms with E-state index in [9.17, 15) is 26.3 Å². The number of carbonyl (C=O) groups is 2. The van der Waals surface area contributed by atoms with Crippen LogP contribution in [0.1, 0.15) is 13.3 Å². The number of carboxylic acids is 2. The summed E-state index contributed by atoms with van der Waals surface area (Å²) in [7, 11) is 0. The number of hydrogen-bond donors (Lipinski definition) is 2. The maximum atomic E-state index is 10.6. The van der Waals surface area contributed by atoms with Gasteiger partial charge in [0.05, 0.1) is 6.07 Å². The first-order chi connectivity index (χ1) is 7.80. The molecule has 106 valence electrons. The Bertz CT molecular complexity index is 279. The average Bonchev–Trinajstić information content (AvgIpc) is 2.16. The molecule has 0 atom stereocenters. The van der Waals surface area contributed by atoms with E-state index in [4.69, 9.17) is 25.1 Å². The standard InChI is InChI=1S/C3H5N.2C2HF3O2/c1-2-3-4;2*3-2(4,5)1(6)7/h2H2,1H3;2*(H,6,7). The fourth-order valence-corrected chi connectivity index (χ4v) is 0. The second kappa shape index (κ2) is 9.08. The number of halogens is 6. The molecule has 0 saturated heterocycles. The molecule has 0 unspecified atom stereocenters. The van der Waals surface area contributed by atoms with Crippen molar-refractivity contribution in [3.63, 3.8) is 0 Å². The summed E-state index contributed by atoms with van der Waals surface area (Å²) in [6, 6.07) is 1.93. The quantitative estimate of drug-likeness (QED) is 0.664. The number of aliphatic carboxylic acids is 2. The number of nitriles is 1. The van der Waals surface area contributed by atoms with Gasteiger partial charge in [0.15, 0.2) is 0 Å². The van der Waals surface area contributed by atoms with Crippen LogP contribution in [0.5, 0.6) is 0 Å². The minimum atomic E-state index is -5.08. The van der Waals surface area contributed by atoms with Gasteiger partial charge < -0.3 is 10.2 Å². The molecule has 0 aromatic carbocycles. The third-order valence-corrected chi connectivity index (χ3v) is 0.643. The van der Waals surface area contributed by atoms with Gasteiger partial charge in [-0.25, -0.2) is 9.59 Å². The Morgan fingerprint density at radius 2 is 1.11 bits per heavy atom. The number of nitrogens with zero attached hydrogens (tertiary/aromatic N) is 1. The van der Waals surface area contributed by atoms with Crippen LogP contribution in [-0.4, -0.2) is 34.5 Å². The summed E-state index contributed by atoms with van der Waals surface area (Å²) in [4.78, 5) is 17.8. The van der Waals surface area contributed by atoms with Crippen LogP contribution in [-0.2, 0) is 9.59 Å². The highest BCUT2D eigenvalue weighted by molar-refractivity contribution is 5.73. The zero-order valence-corrected chi connectivity index (χ0v) is 8.63. The van der Waals surface area contributed by atoms with Crippen molar-refractivity contribution in [1.29, 1.82) is 5.26 Å². The summed E-state index contributed by atoms with van der Waals surface area (Å²) in [6.07, 6.45) is -9.54. The van der Waals surface area contributed by atoms with E-state index in [1.165, 1.54) is 0 Å². The number of alkyl halides is 6. The first-order valence-corrected chi connectivity index (χ1v) is 3.77. The normalized spacial score (nSPS) is 9.89. The van der Waals surface area contributed by atoms with Crippen LogP contribution >= 0.6 is 0 Å². The largest absolute Gasteiger partial charge is 0.490 e. The highest BCUT2D eigenvalue weighted by Gasteiger charge is 2.38. The smallest absolute Gasteiger partial charge is 0.475 e. The minimum absolute atomic E-state index is 0.625. The lowest BCUT2D eigenvalue weighted by atomic mass is 10.6. The molecule has 0 aliphatic heterocycles. The summed E-state index contributed by atoms with van der Waals surface area (Å²) in [5.74, 6) is -5.51. The second-order valence-corrected chi connectivity index (χ2v) is 2.12. The fourth-order valence-electron chi connectivity index (χ4n) is 0. The first kappa shape index (κ1) is 21.3. The molecule has 0 bridgehead atoms. The number of hydrogen-bond acceptors (Lipinski definition) is 3. The van der Waals surface area contributed by atoms with Gasteiger partial charge in [-0.3, -0.25) is 0 Å². The van der Waals surface area contributed by atoms with Crippen LogP contribution in [0.2, 0.25) is 0 Å². The predicted octanol–water partition coefficient (Wildman–Crippen LogP) is 2.19. The SMILES string of the molecule is CCC#N.O=C(O)C(F)(F)F.O=C(O)C(F)(F)F. The van der Waals surface area contributed by atoms with Gasteiger partial charge in [-0.2, -0.15) is 31.6 Å². The topological polar surface area (TPSA) is 98.4 Å². The molecule has 0 radical (unpaired) electrons. The molecule has 0 aromatic heterocycles. The molecule has 0 rings (SSSR count). The predicted molar refractivity (Wildman–Crippen MR) is 43.3 cm³/mol. The average molecular weight is 283 g/mol. The first-order valence-electron chi connectivity index (χ1n) is 3.77. The van der Waals surface area contributed by atoms with Crippen LogP contribution < -0.4 is 0 Å². The van der Waals surface area contributed by atoms with Crippen LogP contribution in [0.3, 0.4) is 0 Å². The van der Waals surface area contributed by atoms with E-state index < -0.39 is 24.3 Å². The molecule has 0 spiro atoms. The van der Waals surface area contributed by atoms with Gasteiger partial charge in [0, 0.05) is 6.42 Å². The van der Waals surface area contributed by atoms with Gasteiger partial charge in [-0.1, -0.05) is 6.92 Å². The van der Waals surface area contributed by atoms with Crippen LogP contribution in [0.4, 0.5) is 26.3 Å². The second-order valence-electron chi connectivity index (χ2n) is 2.12. The van der Waals surface area contributed by atoms with Crippen LogP contribution in [0, 0.1) is 11.3 Å². The van der Waals surface area contributed by atoms with Gasteiger partial charge in [-0.15, -0.1) is 0 Å². The molecule has 0 aromatic rings. The zero-order chi connectivity index (χ0) is 15.6. The van der Waals surface area contributed by atoms with Crippen molar-refractivity contribution in [2.75, 3.05) is 0 Å². The Balaban J connectivity index is -0.000000196. The molecule has 2 N–H and O–H groups in total. The summed E-state index contributed by atoms with van der Waals surface area (Å²) < 4.78 is 63.5. The van der Waals surface area contributed by atoms with Crippen LogP contribution in [0.25, 0.3) is 0 Å². The van der Waals surface area contributed by atoms with E-state index in [2.05, 4.69) is 0 Å². The van der Waals surface area contributed by atoms with Crippen molar-refractivity contribution in [3.8, 4) is 6.07 Å². The molecule has 0 fully saturated rings. The van der Waals surface area contributed by atoms with E-state index in [0.717, 1.165) is 0 Å². The summed E-state index contributed by atoms with van der Waals surface area (Å²) in [6.45, 7) is 1.82. The highest BCUT2D eigenvalue weighted by Crippen LogP contribution is 2.13. The van der Waals surface area contributed by atoms with Gasteiger partial charge in [-0.05, 0) is 0 Å². The Morgan fingerprint density at radius 1 is 1.00 bits per heavy atom. The Kier molecular flexibility index (Phi) is 10.8. The number of carboxylic acid groups (broad SMARTS) is 2. The third kappa shape index (κ3) is 19.6. The maximum Gasteiger partial charge on any atom is 0.490 e. The van der Waals surface area contributed by atoms with Crippen molar-refractivity contribution in [2.45, 2.75) is 25.7 Å². The van der Waals surface area contributed by atoms with Crippen molar-refractivity contribution in [1.82, 2.24) is 0 Å². The van der Waals surface area contributed by atoms with Gasteiger partial charge in [0.1, 0.15) is 0 Å². The van der Waals surface area contributed by atoms with E-state index in [-0.39, 0.29) is 0 Å². The molecule has 11 heteroatoms. The highest BCUT2D eigenvalue weighted by atomic mass is 19.4. The van der Waals surface area contributed by atoms with Gasteiger partial charge in [0.25, 0.3) is 0 Å². The molecule has 0 aliphatic carbocycles. The van der Waals surface area contributed by atoms with Crippen molar-refractivity contribution >= 4 is 11.9 Å². The zero-order valence-electron chi connectivity index (χ0n) is 8.63. The molecule has 18 heavy (non-hydrogen) atoms. The lowest BCUT2D eigenvalue weighted by Gasteiger charge is -1.93. The Labute approximate surface area is 96.2 Å². The fraction of sp³-hybridized carbons (Fsp3) is 0.571. The molecule has 0 aliphatic rings. The van der Waals surface area contributed by atoms with Crippen molar-refractivity contribution < 1.29 is 46.1 Å². The molecular formula is C7H7F6NO4. The summed E-state index contributed by atoms with van der Waals surface area (Å²) >= 11 is 0. The minimum Gasteiger partial charge on any atom is -0.475 e. The maximum absolute atomic E-state index is 10.6. The van der Waals surface area contributed by atoms with E-state index >= 15 is 0 Å². The lowest BCUT2D eigenvalue weighted by molar-refractivity contribution is -0.193. The molecule has 5 nitrogen and oxygen atoms in total. The Morgan fingerprint density at radius 3 is 1.11 bits per heavy atom. The molecule has 0 heterocycles. The lowest BCUT2D eigenvalue weighted by Crippen LogP contribution is -2.21. The van der Waals surface area contributed by atoms with Gasteiger partial charge >= 0.3 is 24.3 Å². The van der Waals surface area contributed by atoms with Crippen molar-refractivity contribution in [2.24, 2.45) is 0 Å². The summed E-state index contributed by atoms with van der Waals surface area (Å²) in [5, 5.41) is 21.9. The van der Waals surface area contributed by atoms with E-state index in [1.54, 1.807) is 0 Å². The van der Waals surface area contributed by atoms with E-state index in [0.29, 0.717) is 6.42 Å². The number of rotatable bonds is 0. The molecular weight excluding hydrogens is 276 g/mol. The molecule has 0 amide bonds. The summed E-state index contributed by atoms with van der Waals surface area (Å²) in [5.41, 5.74) is 0. The monoisotopic (exact) mass is 283 g/mol. The van der Waals surface area contributed by atoms with Crippen molar-refractivity contribution in [3.05, 3.63) is 0 Å². The third-order valence-electron chi connectivity index (χ3n) is 0.643. The Hall–Kier alpha value is -1.99. The molecule has 0 saturated carbocycles. The van der Waals surface area contributed by atoms with Gasteiger partial charge in [0.2, 0.25) is 0 Å².